The Kier molecular flexibility index (Phi) is 5.55. The number of benzene rings is 1. The maximum absolute atomic E-state index is 12.4. The molecular weight excluding hydrogens is 362 g/mol. The van der Waals surface area contributed by atoms with Crippen molar-refractivity contribution in [3.63, 3.8) is 0 Å². The molecule has 3 rings (SSSR count). The summed E-state index contributed by atoms with van der Waals surface area (Å²) < 4.78 is 1.29. The van der Waals surface area contributed by atoms with Gasteiger partial charge in [0.05, 0.1) is 6.54 Å². The first-order chi connectivity index (χ1) is 12.9. The van der Waals surface area contributed by atoms with Gasteiger partial charge in [-0.05, 0) is 37.5 Å². The zero-order chi connectivity index (χ0) is 19.6. The Bertz CT molecular complexity index is 1040. The summed E-state index contributed by atoms with van der Waals surface area (Å²) in [6.07, 6.45) is 1.68. The standard InChI is InChI=1S/C19H23N5O2S/c1-5-6-14-10-17(26)24-18(20-14)27-19(22-24)23(4)11-16(25)21-15-9-12(2)7-8-13(15)3/h7-10H,5-6,11H2,1-4H3,(H,21,25). The van der Waals surface area contributed by atoms with Gasteiger partial charge in [-0.3, -0.25) is 9.59 Å². The molecule has 1 amide bonds. The van der Waals surface area contributed by atoms with Crippen molar-refractivity contribution in [2.45, 2.75) is 33.6 Å². The van der Waals surface area contributed by atoms with Crippen LogP contribution in [0.4, 0.5) is 10.8 Å². The minimum atomic E-state index is -0.195. The van der Waals surface area contributed by atoms with E-state index in [2.05, 4.69) is 15.4 Å². The number of carbonyl (C=O) groups excluding carboxylic acids is 1. The minimum Gasteiger partial charge on any atom is -0.340 e. The lowest BCUT2D eigenvalue weighted by atomic mass is 10.1. The highest BCUT2D eigenvalue weighted by molar-refractivity contribution is 7.20. The van der Waals surface area contributed by atoms with Gasteiger partial charge in [0.1, 0.15) is 0 Å². The lowest BCUT2D eigenvalue weighted by Crippen LogP contribution is -2.30. The van der Waals surface area contributed by atoms with Crippen molar-refractivity contribution in [2.75, 3.05) is 23.8 Å². The summed E-state index contributed by atoms with van der Waals surface area (Å²) in [6.45, 7) is 6.12. The van der Waals surface area contributed by atoms with Crippen LogP contribution < -0.4 is 15.8 Å². The van der Waals surface area contributed by atoms with Gasteiger partial charge >= 0.3 is 0 Å². The summed E-state index contributed by atoms with van der Waals surface area (Å²) in [5.74, 6) is -0.141. The van der Waals surface area contributed by atoms with Gasteiger partial charge in [-0.1, -0.05) is 36.8 Å². The molecule has 0 bridgehead atoms. The Balaban J connectivity index is 1.76. The number of fused-ring (bicyclic) bond motifs is 1. The Hall–Kier alpha value is -2.74. The fourth-order valence-corrected chi connectivity index (χ4v) is 3.61. The molecule has 142 valence electrons. The molecule has 0 saturated heterocycles. The predicted octanol–water partition coefficient (Wildman–Crippen LogP) is 2.80. The fraction of sp³-hybridized carbons (Fsp3) is 0.368. The third kappa shape index (κ3) is 4.33. The van der Waals surface area contributed by atoms with Crippen LogP contribution in [0, 0.1) is 13.8 Å². The fourth-order valence-electron chi connectivity index (χ4n) is 2.73. The molecule has 3 aromatic rings. The van der Waals surface area contributed by atoms with E-state index in [0.717, 1.165) is 35.3 Å². The number of hydrogen-bond acceptors (Lipinski definition) is 6. The van der Waals surface area contributed by atoms with E-state index in [9.17, 15) is 9.59 Å². The van der Waals surface area contributed by atoms with Gasteiger partial charge in [0, 0.05) is 24.5 Å². The molecule has 8 heteroatoms. The molecule has 1 aromatic carbocycles. The monoisotopic (exact) mass is 385 g/mol. The minimum absolute atomic E-state index is 0.129. The quantitative estimate of drug-likeness (QED) is 0.706. The summed E-state index contributed by atoms with van der Waals surface area (Å²) >= 11 is 1.30. The van der Waals surface area contributed by atoms with Gasteiger partial charge in [0.15, 0.2) is 0 Å². The van der Waals surface area contributed by atoms with Gasteiger partial charge in [-0.25, -0.2) is 4.98 Å². The molecule has 1 N–H and O–H groups in total. The Morgan fingerprint density at radius 3 is 2.81 bits per heavy atom. The summed E-state index contributed by atoms with van der Waals surface area (Å²) in [5.41, 5.74) is 3.48. The molecule has 0 unspecified atom stereocenters. The Labute approximate surface area is 161 Å². The molecule has 2 aromatic heterocycles. The average Bonchev–Trinajstić information content (AvgIpc) is 3.03. The largest absolute Gasteiger partial charge is 0.340 e. The number of likely N-dealkylation sites (N-methyl/N-ethyl adjacent to an activating group) is 1. The molecule has 0 radical (unpaired) electrons. The molecule has 0 saturated carbocycles. The second-order valence-electron chi connectivity index (χ2n) is 6.64. The number of aryl methyl sites for hydroxylation is 3. The number of nitrogens with one attached hydrogen (secondary N) is 1. The number of nitrogens with zero attached hydrogens (tertiary/aromatic N) is 4. The molecule has 0 atom stereocenters. The van der Waals surface area contributed by atoms with Crippen LogP contribution in [0.5, 0.6) is 0 Å². The molecule has 0 aliphatic heterocycles. The van der Waals surface area contributed by atoms with Crippen molar-refractivity contribution in [2.24, 2.45) is 0 Å². The molecule has 0 spiro atoms. The number of aromatic nitrogens is 3. The zero-order valence-electron chi connectivity index (χ0n) is 15.9. The normalized spacial score (nSPS) is 11.0. The summed E-state index contributed by atoms with van der Waals surface area (Å²) in [5, 5.41) is 7.82. The van der Waals surface area contributed by atoms with Gasteiger partial charge in [-0.15, -0.1) is 5.10 Å². The van der Waals surface area contributed by atoms with E-state index >= 15 is 0 Å². The van der Waals surface area contributed by atoms with Crippen molar-refractivity contribution in [3.8, 4) is 0 Å². The summed E-state index contributed by atoms with van der Waals surface area (Å²) in [4.78, 5) is 31.4. The topological polar surface area (TPSA) is 79.6 Å². The van der Waals surface area contributed by atoms with Crippen LogP contribution in [-0.4, -0.2) is 34.1 Å². The third-order valence-corrected chi connectivity index (χ3v) is 5.19. The smallest absolute Gasteiger partial charge is 0.275 e. The van der Waals surface area contributed by atoms with Gasteiger partial charge in [0.2, 0.25) is 16.0 Å². The highest BCUT2D eigenvalue weighted by Gasteiger charge is 2.15. The van der Waals surface area contributed by atoms with E-state index < -0.39 is 0 Å². The van der Waals surface area contributed by atoms with Crippen LogP contribution in [0.25, 0.3) is 4.96 Å². The number of rotatable bonds is 6. The maximum atomic E-state index is 12.4. The lowest BCUT2D eigenvalue weighted by molar-refractivity contribution is -0.114. The molecule has 0 aliphatic carbocycles. The molecule has 0 aliphatic rings. The first kappa shape index (κ1) is 19.0. The molecular formula is C19H23N5O2S. The average molecular weight is 385 g/mol. The number of hydrogen-bond donors (Lipinski definition) is 1. The maximum Gasteiger partial charge on any atom is 0.275 e. The van der Waals surface area contributed by atoms with E-state index in [0.29, 0.717) is 10.1 Å². The van der Waals surface area contributed by atoms with Crippen LogP contribution in [-0.2, 0) is 11.2 Å². The molecule has 7 nitrogen and oxygen atoms in total. The van der Waals surface area contributed by atoms with E-state index in [4.69, 9.17) is 0 Å². The molecule has 0 fully saturated rings. The van der Waals surface area contributed by atoms with E-state index in [1.165, 1.54) is 21.9 Å². The molecule has 27 heavy (non-hydrogen) atoms. The van der Waals surface area contributed by atoms with Gasteiger partial charge < -0.3 is 10.2 Å². The van der Waals surface area contributed by atoms with Crippen LogP contribution in [0.2, 0.25) is 0 Å². The lowest BCUT2D eigenvalue weighted by Gasteiger charge is -2.15. The zero-order valence-corrected chi connectivity index (χ0v) is 16.8. The van der Waals surface area contributed by atoms with Crippen molar-refractivity contribution in [1.82, 2.24) is 14.6 Å². The van der Waals surface area contributed by atoms with Crippen LogP contribution in [0.3, 0.4) is 0 Å². The van der Waals surface area contributed by atoms with Crippen molar-refractivity contribution in [1.29, 1.82) is 0 Å². The Morgan fingerprint density at radius 2 is 2.07 bits per heavy atom. The number of carbonyl (C=O) groups is 1. The van der Waals surface area contributed by atoms with Crippen LogP contribution >= 0.6 is 11.3 Å². The first-order valence-electron chi connectivity index (χ1n) is 8.85. The van der Waals surface area contributed by atoms with Crippen molar-refractivity contribution < 1.29 is 4.79 Å². The second kappa shape index (κ2) is 7.87. The number of amides is 1. The number of anilines is 2. The third-order valence-electron chi connectivity index (χ3n) is 4.17. The van der Waals surface area contributed by atoms with E-state index in [1.54, 1.807) is 11.9 Å². The van der Waals surface area contributed by atoms with E-state index in [1.807, 2.05) is 39.0 Å². The van der Waals surface area contributed by atoms with Crippen molar-refractivity contribution >= 4 is 33.0 Å². The van der Waals surface area contributed by atoms with Gasteiger partial charge in [-0.2, -0.15) is 4.52 Å². The molecule has 2 heterocycles. The van der Waals surface area contributed by atoms with Crippen molar-refractivity contribution in [3.05, 3.63) is 51.4 Å². The van der Waals surface area contributed by atoms with Crippen LogP contribution in [0.1, 0.15) is 30.2 Å². The predicted molar refractivity (Wildman–Crippen MR) is 109 cm³/mol. The summed E-state index contributed by atoms with van der Waals surface area (Å²) in [6, 6.07) is 7.46. The van der Waals surface area contributed by atoms with E-state index in [-0.39, 0.29) is 18.0 Å². The second-order valence-corrected chi connectivity index (χ2v) is 7.57. The van der Waals surface area contributed by atoms with Gasteiger partial charge in [0.25, 0.3) is 5.56 Å². The highest BCUT2D eigenvalue weighted by atomic mass is 32.1. The first-order valence-corrected chi connectivity index (χ1v) is 9.67. The summed E-state index contributed by atoms with van der Waals surface area (Å²) in [7, 11) is 1.78. The highest BCUT2D eigenvalue weighted by Crippen LogP contribution is 2.21. The Morgan fingerprint density at radius 1 is 1.30 bits per heavy atom. The SMILES string of the molecule is CCCc1cc(=O)n2nc(N(C)CC(=O)Nc3cc(C)ccc3C)sc2n1. The van der Waals surface area contributed by atoms with Crippen LogP contribution in [0.15, 0.2) is 29.1 Å².